The Kier molecular flexibility index (Phi) is 12.5. The Morgan fingerprint density at radius 3 is 1.42 bits per heavy atom. The summed E-state index contributed by atoms with van der Waals surface area (Å²) in [7, 11) is 5.11. The highest BCUT2D eigenvalue weighted by molar-refractivity contribution is 5.93. The number of nitrogens with zero attached hydrogens (tertiary/aromatic N) is 2. The molecule has 0 bridgehead atoms. The maximum atomic E-state index is 14.4. The number of carbonyl (C=O) groups excluding carboxylic acids is 3. The fourth-order valence-corrected chi connectivity index (χ4v) is 5.51. The maximum absolute atomic E-state index is 14.4. The van der Waals surface area contributed by atoms with E-state index in [9.17, 15) is 14.4 Å². The number of likely N-dealkylation sites (N-methyl/N-ethyl adjacent to an activating group) is 3. The van der Waals surface area contributed by atoms with Gasteiger partial charge < -0.3 is 20.4 Å². The van der Waals surface area contributed by atoms with Crippen LogP contribution in [0.3, 0.4) is 0 Å². The van der Waals surface area contributed by atoms with Crippen LogP contribution in [-0.2, 0) is 40.1 Å². The fraction of sp³-hybridized carbons (Fsp3) is 0.289. The van der Waals surface area contributed by atoms with Crippen molar-refractivity contribution in [2.75, 3.05) is 27.7 Å². The Hall–Kier alpha value is -4.75. The Labute approximate surface area is 267 Å². The third kappa shape index (κ3) is 9.62. The van der Waals surface area contributed by atoms with Crippen LogP contribution in [0.5, 0.6) is 0 Å². The largest absolute Gasteiger partial charge is 0.354 e. The van der Waals surface area contributed by atoms with Crippen molar-refractivity contribution in [3.05, 3.63) is 144 Å². The van der Waals surface area contributed by atoms with E-state index in [1.54, 1.807) is 26.0 Å². The maximum Gasteiger partial charge on any atom is 0.246 e. The molecule has 3 atom stereocenters. The minimum atomic E-state index is -0.813. The molecule has 0 spiro atoms. The smallest absolute Gasteiger partial charge is 0.246 e. The number of benzene rings is 4. The van der Waals surface area contributed by atoms with Crippen LogP contribution in [0.4, 0.5) is 0 Å². The van der Waals surface area contributed by atoms with E-state index in [1.807, 2.05) is 121 Å². The van der Waals surface area contributed by atoms with Crippen LogP contribution in [0.1, 0.15) is 22.3 Å². The fourth-order valence-electron chi connectivity index (χ4n) is 5.51. The molecule has 4 rings (SSSR count). The minimum absolute atomic E-state index is 0.184. The molecule has 4 aromatic carbocycles. The van der Waals surface area contributed by atoms with Gasteiger partial charge in [0.25, 0.3) is 0 Å². The molecule has 0 aromatic heterocycles. The second-order valence-electron chi connectivity index (χ2n) is 11.4. The zero-order valence-corrected chi connectivity index (χ0v) is 26.4. The molecule has 0 unspecified atom stereocenters. The zero-order chi connectivity index (χ0) is 32.0. The molecule has 0 aliphatic rings. The first-order valence-corrected chi connectivity index (χ1v) is 15.5. The Balaban J connectivity index is 1.58. The standard InChI is InChI=1S/C38H44N4O3/c1-39-33(26-30-18-10-5-11-19-30)37(44)42(3)35(28-32-22-14-7-15-23-32)38(45)41(2)34(27-31-20-12-6-13-21-31)36(43)40-25-24-29-16-8-4-9-17-29/h4-23,33-35,39H,24-28H2,1-3H3,(H,40,43)/t33-,34-,35-/m0/s1. The summed E-state index contributed by atoms with van der Waals surface area (Å²) in [4.78, 5) is 45.1. The predicted molar refractivity (Wildman–Crippen MR) is 180 cm³/mol. The average Bonchev–Trinajstić information content (AvgIpc) is 3.09. The predicted octanol–water partition coefficient (Wildman–Crippen LogP) is 4.32. The summed E-state index contributed by atoms with van der Waals surface area (Å²) in [6, 6.07) is 37.1. The molecule has 0 heterocycles. The number of hydrogen-bond donors (Lipinski definition) is 2. The molecule has 7 nitrogen and oxygen atoms in total. The van der Waals surface area contributed by atoms with Crippen molar-refractivity contribution in [2.24, 2.45) is 0 Å². The van der Waals surface area contributed by atoms with E-state index in [1.165, 1.54) is 4.90 Å². The molecule has 0 radical (unpaired) electrons. The molecule has 234 valence electrons. The lowest BCUT2D eigenvalue weighted by Crippen LogP contribution is -2.58. The molecular formula is C38H44N4O3. The molecule has 0 saturated heterocycles. The van der Waals surface area contributed by atoms with Crippen LogP contribution < -0.4 is 10.6 Å². The molecule has 4 aromatic rings. The lowest BCUT2D eigenvalue weighted by atomic mass is 9.99. The Morgan fingerprint density at radius 2 is 0.956 bits per heavy atom. The Bertz CT molecular complexity index is 1480. The summed E-state index contributed by atoms with van der Waals surface area (Å²) in [5.74, 6) is -0.699. The minimum Gasteiger partial charge on any atom is -0.354 e. The lowest BCUT2D eigenvalue weighted by Gasteiger charge is -2.36. The number of rotatable bonds is 15. The van der Waals surface area contributed by atoms with Gasteiger partial charge >= 0.3 is 0 Å². The third-order valence-electron chi connectivity index (χ3n) is 8.25. The van der Waals surface area contributed by atoms with Gasteiger partial charge in [-0.05, 0) is 42.1 Å². The molecule has 3 amide bonds. The summed E-state index contributed by atoms with van der Waals surface area (Å²) in [6.45, 7) is 0.450. The van der Waals surface area contributed by atoms with Gasteiger partial charge in [-0.1, -0.05) is 121 Å². The van der Waals surface area contributed by atoms with Crippen LogP contribution in [-0.4, -0.2) is 73.3 Å². The van der Waals surface area contributed by atoms with Crippen LogP contribution in [0.15, 0.2) is 121 Å². The number of nitrogens with one attached hydrogen (secondary N) is 2. The average molecular weight is 605 g/mol. The van der Waals surface area contributed by atoms with E-state index in [0.29, 0.717) is 32.2 Å². The van der Waals surface area contributed by atoms with Crippen molar-refractivity contribution in [1.82, 2.24) is 20.4 Å². The molecule has 0 saturated carbocycles. The first-order chi connectivity index (χ1) is 21.9. The van der Waals surface area contributed by atoms with Crippen LogP contribution in [0, 0.1) is 0 Å². The van der Waals surface area contributed by atoms with Crippen molar-refractivity contribution in [3.8, 4) is 0 Å². The lowest BCUT2D eigenvalue weighted by molar-refractivity contribution is -0.148. The van der Waals surface area contributed by atoms with Gasteiger partial charge in [-0.3, -0.25) is 14.4 Å². The molecule has 7 heteroatoms. The normalized spacial score (nSPS) is 12.9. The zero-order valence-electron chi connectivity index (χ0n) is 26.4. The van der Waals surface area contributed by atoms with Gasteiger partial charge in [0.05, 0.1) is 6.04 Å². The van der Waals surface area contributed by atoms with Gasteiger partial charge in [0.2, 0.25) is 17.7 Å². The van der Waals surface area contributed by atoms with Gasteiger partial charge in [0.1, 0.15) is 12.1 Å². The summed E-state index contributed by atoms with van der Waals surface area (Å²) >= 11 is 0. The first-order valence-electron chi connectivity index (χ1n) is 15.5. The number of carbonyl (C=O) groups is 3. The summed E-state index contributed by atoms with van der Waals surface area (Å²) in [6.07, 6.45) is 1.84. The van der Waals surface area contributed by atoms with Gasteiger partial charge in [0.15, 0.2) is 0 Å². The Morgan fingerprint density at radius 1 is 0.556 bits per heavy atom. The molecule has 45 heavy (non-hydrogen) atoms. The van der Waals surface area contributed by atoms with Crippen molar-refractivity contribution >= 4 is 17.7 Å². The number of amides is 3. The summed E-state index contributed by atoms with van der Waals surface area (Å²) in [5.41, 5.74) is 4.03. The molecule has 2 N–H and O–H groups in total. The monoisotopic (exact) mass is 604 g/mol. The van der Waals surface area contributed by atoms with Crippen molar-refractivity contribution in [3.63, 3.8) is 0 Å². The van der Waals surface area contributed by atoms with Gasteiger partial charge in [-0.25, -0.2) is 0 Å². The summed E-state index contributed by atoms with van der Waals surface area (Å²) < 4.78 is 0. The highest BCUT2D eigenvalue weighted by atomic mass is 16.2. The van der Waals surface area contributed by atoms with Crippen LogP contribution >= 0.6 is 0 Å². The van der Waals surface area contributed by atoms with Crippen LogP contribution in [0.2, 0.25) is 0 Å². The topological polar surface area (TPSA) is 81.8 Å². The highest BCUT2D eigenvalue weighted by Gasteiger charge is 2.36. The van der Waals surface area contributed by atoms with Crippen molar-refractivity contribution in [2.45, 2.75) is 43.8 Å². The second kappa shape index (κ2) is 16.9. The van der Waals surface area contributed by atoms with Crippen molar-refractivity contribution in [1.29, 1.82) is 0 Å². The number of hydrogen-bond acceptors (Lipinski definition) is 4. The molecule has 0 fully saturated rings. The van der Waals surface area contributed by atoms with E-state index in [0.717, 1.165) is 22.3 Å². The summed E-state index contributed by atoms with van der Waals surface area (Å²) in [5, 5.41) is 6.21. The molecule has 0 aliphatic carbocycles. The van der Waals surface area contributed by atoms with E-state index < -0.39 is 18.1 Å². The van der Waals surface area contributed by atoms with E-state index >= 15 is 0 Å². The quantitative estimate of drug-likeness (QED) is 0.212. The van der Waals surface area contributed by atoms with E-state index in [2.05, 4.69) is 10.6 Å². The van der Waals surface area contributed by atoms with Crippen molar-refractivity contribution < 1.29 is 14.4 Å². The van der Waals surface area contributed by atoms with Gasteiger partial charge in [0, 0.05) is 33.5 Å². The molecular weight excluding hydrogens is 560 g/mol. The first kappa shape index (κ1) is 33.1. The van der Waals surface area contributed by atoms with E-state index in [-0.39, 0.29) is 17.7 Å². The van der Waals surface area contributed by atoms with Gasteiger partial charge in [-0.15, -0.1) is 0 Å². The van der Waals surface area contributed by atoms with Gasteiger partial charge in [-0.2, -0.15) is 0 Å². The SMILES string of the molecule is CN[C@@H](Cc1ccccc1)C(=O)N(C)[C@@H](Cc1ccccc1)C(=O)N(C)[C@@H](Cc1ccccc1)C(=O)NCCc1ccccc1. The second-order valence-corrected chi connectivity index (χ2v) is 11.4. The highest BCUT2D eigenvalue weighted by Crippen LogP contribution is 2.17. The third-order valence-corrected chi connectivity index (χ3v) is 8.25. The molecule has 0 aliphatic heterocycles. The van der Waals surface area contributed by atoms with Crippen LogP contribution in [0.25, 0.3) is 0 Å². The van der Waals surface area contributed by atoms with E-state index in [4.69, 9.17) is 0 Å².